The Morgan fingerprint density at radius 2 is 1.86 bits per heavy atom. The molecule has 1 aliphatic carbocycles. The molecule has 2 nitrogen and oxygen atoms in total. The molecule has 0 bridgehead atoms. The van der Waals surface area contributed by atoms with Crippen LogP contribution in [0.15, 0.2) is 48.5 Å². The number of nitrogens with one attached hydrogen (secondary N) is 2. The van der Waals surface area contributed by atoms with Crippen LogP contribution in [0, 0.1) is 6.92 Å². The van der Waals surface area contributed by atoms with Gasteiger partial charge < -0.3 is 10.6 Å². The van der Waals surface area contributed by atoms with Gasteiger partial charge >= 0.3 is 0 Å². The summed E-state index contributed by atoms with van der Waals surface area (Å²) in [7, 11) is 0. The van der Waals surface area contributed by atoms with Crippen LogP contribution in [0.4, 0.5) is 5.69 Å². The van der Waals surface area contributed by atoms with Gasteiger partial charge in [0.2, 0.25) is 0 Å². The largest absolute Gasteiger partial charge is 0.356 e. The maximum atomic E-state index is 5.48. The maximum absolute atomic E-state index is 5.48. The molecule has 0 fully saturated rings. The van der Waals surface area contributed by atoms with Gasteiger partial charge in [-0.05, 0) is 61.2 Å². The van der Waals surface area contributed by atoms with Crippen molar-refractivity contribution in [1.29, 1.82) is 0 Å². The van der Waals surface area contributed by atoms with Gasteiger partial charge in [0, 0.05) is 5.69 Å². The molecule has 0 saturated carbocycles. The third-order valence-electron chi connectivity index (χ3n) is 4.07. The average molecular weight is 296 g/mol. The van der Waals surface area contributed by atoms with Gasteiger partial charge in [0.1, 0.15) is 0 Å². The van der Waals surface area contributed by atoms with Crippen molar-refractivity contribution in [3.05, 3.63) is 65.2 Å². The minimum atomic E-state index is 0.318. The molecule has 0 unspecified atom stereocenters. The molecule has 1 aliphatic rings. The van der Waals surface area contributed by atoms with Crippen LogP contribution in [0.1, 0.15) is 35.6 Å². The monoisotopic (exact) mass is 296 g/mol. The third-order valence-corrected chi connectivity index (χ3v) is 4.29. The standard InChI is InChI=1S/C18H20N2S/c1-13-7-2-5-11-16(13)19-18(21)20-17-12-6-9-14-8-3-4-10-15(14)17/h2-5,7-8,10-11,17H,6,9,12H2,1H3,(H2,19,20,21)/t17-/m0/s1. The Hall–Kier alpha value is -1.87. The van der Waals surface area contributed by atoms with Crippen molar-refractivity contribution in [3.8, 4) is 0 Å². The molecular weight excluding hydrogens is 276 g/mol. The molecule has 0 spiro atoms. The molecule has 1 atom stereocenters. The molecule has 2 N–H and O–H groups in total. The van der Waals surface area contributed by atoms with Crippen LogP contribution in [0.2, 0.25) is 0 Å². The average Bonchev–Trinajstić information content (AvgIpc) is 2.50. The SMILES string of the molecule is Cc1ccccc1NC(=S)N[C@H]1CCCc2ccccc21. The first-order valence-corrected chi connectivity index (χ1v) is 7.86. The fourth-order valence-corrected chi connectivity index (χ4v) is 3.19. The summed E-state index contributed by atoms with van der Waals surface area (Å²) in [5.74, 6) is 0. The lowest BCUT2D eigenvalue weighted by atomic mass is 9.88. The van der Waals surface area contributed by atoms with Crippen molar-refractivity contribution in [3.63, 3.8) is 0 Å². The summed E-state index contributed by atoms with van der Waals surface area (Å²) >= 11 is 5.48. The number of aryl methyl sites for hydroxylation is 2. The van der Waals surface area contributed by atoms with Gasteiger partial charge in [0.25, 0.3) is 0 Å². The Labute approximate surface area is 131 Å². The van der Waals surface area contributed by atoms with Gasteiger partial charge in [-0.25, -0.2) is 0 Å². The lowest BCUT2D eigenvalue weighted by Crippen LogP contribution is -2.34. The van der Waals surface area contributed by atoms with Crippen molar-refractivity contribution in [2.75, 3.05) is 5.32 Å². The molecule has 2 aromatic rings. The third kappa shape index (κ3) is 3.24. The fraction of sp³-hybridized carbons (Fsp3) is 0.278. The summed E-state index contributed by atoms with van der Waals surface area (Å²) in [5.41, 5.74) is 5.10. The number of hydrogen-bond donors (Lipinski definition) is 2. The molecule has 0 amide bonds. The van der Waals surface area contributed by atoms with E-state index in [1.165, 1.54) is 29.5 Å². The lowest BCUT2D eigenvalue weighted by Gasteiger charge is -2.27. The van der Waals surface area contributed by atoms with E-state index in [0.717, 1.165) is 12.1 Å². The smallest absolute Gasteiger partial charge is 0.171 e. The fourth-order valence-electron chi connectivity index (χ4n) is 2.93. The van der Waals surface area contributed by atoms with Crippen LogP contribution < -0.4 is 10.6 Å². The molecule has 21 heavy (non-hydrogen) atoms. The highest BCUT2D eigenvalue weighted by Crippen LogP contribution is 2.29. The summed E-state index contributed by atoms with van der Waals surface area (Å²) in [6.07, 6.45) is 3.51. The first-order chi connectivity index (χ1) is 10.2. The molecule has 0 radical (unpaired) electrons. The highest BCUT2D eigenvalue weighted by atomic mass is 32.1. The minimum absolute atomic E-state index is 0.318. The number of para-hydroxylation sites is 1. The zero-order chi connectivity index (χ0) is 14.7. The van der Waals surface area contributed by atoms with E-state index in [1.807, 2.05) is 12.1 Å². The normalized spacial score (nSPS) is 16.9. The topological polar surface area (TPSA) is 24.1 Å². The first kappa shape index (κ1) is 14.1. The Bertz CT molecular complexity index is 651. The molecule has 0 aliphatic heterocycles. The number of hydrogen-bond acceptors (Lipinski definition) is 1. The van der Waals surface area contributed by atoms with Gasteiger partial charge in [-0.2, -0.15) is 0 Å². The van der Waals surface area contributed by atoms with Crippen molar-refractivity contribution in [2.24, 2.45) is 0 Å². The predicted molar refractivity (Wildman–Crippen MR) is 92.7 cm³/mol. The van der Waals surface area contributed by atoms with Crippen molar-refractivity contribution >= 4 is 23.0 Å². The molecule has 3 rings (SSSR count). The highest BCUT2D eigenvalue weighted by Gasteiger charge is 2.20. The molecule has 0 heterocycles. The zero-order valence-corrected chi connectivity index (χ0v) is 13.0. The number of benzene rings is 2. The first-order valence-electron chi connectivity index (χ1n) is 7.45. The van der Waals surface area contributed by atoms with Crippen LogP contribution in [-0.4, -0.2) is 5.11 Å². The Kier molecular flexibility index (Phi) is 4.20. The van der Waals surface area contributed by atoms with E-state index in [9.17, 15) is 0 Å². The number of fused-ring (bicyclic) bond motifs is 1. The van der Waals surface area contributed by atoms with Gasteiger partial charge in [0.05, 0.1) is 6.04 Å². The minimum Gasteiger partial charge on any atom is -0.356 e. The second kappa shape index (κ2) is 6.27. The Morgan fingerprint density at radius 3 is 2.71 bits per heavy atom. The van der Waals surface area contributed by atoms with Crippen molar-refractivity contribution in [2.45, 2.75) is 32.2 Å². The van der Waals surface area contributed by atoms with E-state index < -0.39 is 0 Å². The van der Waals surface area contributed by atoms with Gasteiger partial charge in [-0.15, -0.1) is 0 Å². The van der Waals surface area contributed by atoms with Crippen molar-refractivity contribution in [1.82, 2.24) is 5.32 Å². The number of rotatable bonds is 2. The second-order valence-corrected chi connectivity index (χ2v) is 5.97. The number of thiocarbonyl (C=S) groups is 1. The van der Waals surface area contributed by atoms with E-state index >= 15 is 0 Å². The second-order valence-electron chi connectivity index (χ2n) is 5.56. The van der Waals surface area contributed by atoms with Crippen LogP contribution in [0.5, 0.6) is 0 Å². The van der Waals surface area contributed by atoms with Crippen molar-refractivity contribution < 1.29 is 0 Å². The maximum Gasteiger partial charge on any atom is 0.171 e. The van der Waals surface area contributed by atoms with Gasteiger partial charge in [-0.1, -0.05) is 42.5 Å². The van der Waals surface area contributed by atoms with Gasteiger partial charge in [0.15, 0.2) is 5.11 Å². The predicted octanol–water partition coefficient (Wildman–Crippen LogP) is 4.36. The molecule has 2 aromatic carbocycles. The van der Waals surface area contributed by atoms with Crippen LogP contribution in [0.25, 0.3) is 0 Å². The molecular formula is C18H20N2S. The summed E-state index contributed by atoms with van der Waals surface area (Å²) in [5, 5.41) is 7.48. The van der Waals surface area contributed by atoms with Crippen LogP contribution in [-0.2, 0) is 6.42 Å². The van der Waals surface area contributed by atoms with Gasteiger partial charge in [-0.3, -0.25) is 0 Å². The molecule has 0 saturated heterocycles. The summed E-state index contributed by atoms with van der Waals surface area (Å²) < 4.78 is 0. The summed E-state index contributed by atoms with van der Waals surface area (Å²) in [6.45, 7) is 2.08. The summed E-state index contributed by atoms with van der Waals surface area (Å²) in [6, 6.07) is 17.2. The van der Waals surface area contributed by atoms with Crippen LogP contribution >= 0.6 is 12.2 Å². The Morgan fingerprint density at radius 1 is 1.10 bits per heavy atom. The van der Waals surface area contributed by atoms with E-state index in [0.29, 0.717) is 11.2 Å². The van der Waals surface area contributed by atoms with E-state index in [4.69, 9.17) is 12.2 Å². The lowest BCUT2D eigenvalue weighted by molar-refractivity contribution is 0.529. The molecule has 108 valence electrons. The Balaban J connectivity index is 1.70. The van der Waals surface area contributed by atoms with Crippen LogP contribution in [0.3, 0.4) is 0 Å². The van der Waals surface area contributed by atoms with E-state index in [2.05, 4.69) is 54.0 Å². The summed E-state index contributed by atoms with van der Waals surface area (Å²) in [4.78, 5) is 0. The van der Waals surface area contributed by atoms with E-state index in [1.54, 1.807) is 0 Å². The quantitative estimate of drug-likeness (QED) is 0.805. The molecule has 3 heteroatoms. The highest BCUT2D eigenvalue weighted by molar-refractivity contribution is 7.80. The number of anilines is 1. The zero-order valence-electron chi connectivity index (χ0n) is 12.2. The van der Waals surface area contributed by atoms with E-state index in [-0.39, 0.29) is 0 Å². The molecule has 0 aromatic heterocycles.